The average Bonchev–Trinajstić information content (AvgIpc) is 3.41. The number of pyridine rings is 1. The van der Waals surface area contributed by atoms with Gasteiger partial charge in [-0.05, 0) is 47.9 Å². The Labute approximate surface area is 185 Å². The monoisotopic (exact) mass is 441 g/mol. The van der Waals surface area contributed by atoms with Gasteiger partial charge in [0.25, 0.3) is 0 Å². The molecule has 2 aromatic rings. The number of allylic oxidation sites excluding steroid dienone is 1. The second-order valence-corrected chi connectivity index (χ2v) is 8.99. The van der Waals surface area contributed by atoms with E-state index >= 15 is 0 Å². The minimum absolute atomic E-state index is 0.0430. The number of hydrogen-bond acceptors (Lipinski definition) is 5. The van der Waals surface area contributed by atoms with Crippen LogP contribution in [0, 0.1) is 5.41 Å². The normalized spacial score (nSPS) is 21.9. The van der Waals surface area contributed by atoms with Gasteiger partial charge in [-0.1, -0.05) is 30.8 Å². The predicted octanol–water partition coefficient (Wildman–Crippen LogP) is 4.31. The highest BCUT2D eigenvalue weighted by Crippen LogP contribution is 2.51. The topological polar surface area (TPSA) is 66.5 Å². The molecule has 1 spiro atoms. The molecule has 0 unspecified atom stereocenters. The summed E-state index contributed by atoms with van der Waals surface area (Å²) in [6.07, 6.45) is -1.30. The molecule has 0 amide bonds. The second kappa shape index (κ2) is 7.62. The number of halogens is 3. The third kappa shape index (κ3) is 3.56. The van der Waals surface area contributed by atoms with E-state index in [9.17, 15) is 13.2 Å². The van der Waals surface area contributed by atoms with Crippen LogP contribution in [0.15, 0.2) is 48.1 Å². The Morgan fingerprint density at radius 1 is 1.19 bits per heavy atom. The van der Waals surface area contributed by atoms with E-state index in [2.05, 4.69) is 34.2 Å². The van der Waals surface area contributed by atoms with Crippen LogP contribution in [0.25, 0.3) is 5.57 Å². The Kier molecular flexibility index (Phi) is 5.00. The van der Waals surface area contributed by atoms with Crippen LogP contribution in [0.5, 0.6) is 0 Å². The molecule has 1 saturated heterocycles. The van der Waals surface area contributed by atoms with E-state index in [0.717, 1.165) is 31.4 Å². The number of nitrogens with two attached hydrogens (primary N) is 1. The molecule has 3 N–H and O–H groups in total. The van der Waals surface area contributed by atoms with Gasteiger partial charge in [-0.3, -0.25) is 0 Å². The molecule has 5 nitrogen and oxygen atoms in total. The Morgan fingerprint density at radius 3 is 2.59 bits per heavy atom. The van der Waals surface area contributed by atoms with Gasteiger partial charge < -0.3 is 16.1 Å². The first kappa shape index (κ1) is 21.0. The van der Waals surface area contributed by atoms with Crippen LogP contribution in [0.3, 0.4) is 0 Å². The zero-order chi connectivity index (χ0) is 22.5. The van der Waals surface area contributed by atoms with Gasteiger partial charge in [0.05, 0.1) is 17.0 Å². The SMILES string of the molecule is C=C(C1=NNCC1)c1cc(C(F)(F)F)cc(N2CCC3(CC2)Cc2ccccc2[C@H]3N)n1. The van der Waals surface area contributed by atoms with Crippen LogP contribution in [-0.4, -0.2) is 30.3 Å². The van der Waals surface area contributed by atoms with Gasteiger partial charge in [-0.15, -0.1) is 0 Å². The molecule has 2 aliphatic heterocycles. The van der Waals surface area contributed by atoms with Crippen molar-refractivity contribution in [1.82, 2.24) is 10.4 Å². The van der Waals surface area contributed by atoms with Crippen LogP contribution < -0.4 is 16.1 Å². The van der Waals surface area contributed by atoms with E-state index in [-0.39, 0.29) is 17.2 Å². The minimum atomic E-state index is -4.46. The van der Waals surface area contributed by atoms with Crippen LogP contribution >= 0.6 is 0 Å². The van der Waals surface area contributed by atoms with Crippen molar-refractivity contribution < 1.29 is 13.2 Å². The van der Waals surface area contributed by atoms with Crippen molar-refractivity contribution in [2.75, 3.05) is 24.5 Å². The molecule has 0 radical (unpaired) electrons. The van der Waals surface area contributed by atoms with E-state index in [1.807, 2.05) is 17.0 Å². The van der Waals surface area contributed by atoms with Crippen molar-refractivity contribution in [1.29, 1.82) is 0 Å². The number of nitrogens with zero attached hydrogens (tertiary/aromatic N) is 3. The molecule has 168 valence electrons. The van der Waals surface area contributed by atoms with Crippen LogP contribution in [0.4, 0.5) is 19.0 Å². The average molecular weight is 442 g/mol. The maximum absolute atomic E-state index is 13.7. The zero-order valence-corrected chi connectivity index (χ0v) is 17.8. The summed E-state index contributed by atoms with van der Waals surface area (Å²) in [7, 11) is 0. The second-order valence-electron chi connectivity index (χ2n) is 8.99. The smallest absolute Gasteiger partial charge is 0.357 e. The molecule has 1 fully saturated rings. The van der Waals surface area contributed by atoms with E-state index in [0.29, 0.717) is 43.2 Å². The number of nitrogens with one attached hydrogen (secondary N) is 1. The highest BCUT2D eigenvalue weighted by atomic mass is 19.4. The molecule has 0 bridgehead atoms. The van der Waals surface area contributed by atoms with Crippen molar-refractivity contribution >= 4 is 17.1 Å². The number of rotatable bonds is 3. The summed E-state index contributed by atoms with van der Waals surface area (Å²) in [5.74, 6) is 0.335. The Morgan fingerprint density at radius 2 is 1.94 bits per heavy atom. The van der Waals surface area contributed by atoms with Gasteiger partial charge in [0.15, 0.2) is 0 Å². The molecule has 3 aliphatic rings. The number of anilines is 1. The lowest BCUT2D eigenvalue weighted by atomic mass is 9.73. The van der Waals surface area contributed by atoms with Crippen molar-refractivity contribution in [3.63, 3.8) is 0 Å². The summed E-state index contributed by atoms with van der Waals surface area (Å²) < 4.78 is 41.0. The largest absolute Gasteiger partial charge is 0.416 e. The molecule has 1 atom stereocenters. The number of alkyl halides is 3. The van der Waals surface area contributed by atoms with Gasteiger partial charge in [0, 0.05) is 37.7 Å². The van der Waals surface area contributed by atoms with Gasteiger partial charge >= 0.3 is 6.18 Å². The number of hydrogen-bond donors (Lipinski definition) is 2. The van der Waals surface area contributed by atoms with Crippen molar-refractivity contribution in [2.45, 2.75) is 37.9 Å². The lowest BCUT2D eigenvalue weighted by molar-refractivity contribution is -0.137. The first-order valence-electron chi connectivity index (χ1n) is 10.9. The molecule has 5 rings (SSSR count). The standard InChI is InChI=1S/C24H26F3N5/c1-15(19-6-9-29-31-19)20-12-17(24(25,26)27)13-21(30-20)32-10-7-23(8-11-32)14-16-4-2-3-5-18(16)22(23)28/h2-5,12-13,22,29H,1,6-11,14,28H2/t22-/m1/s1. The molecule has 0 saturated carbocycles. The van der Waals surface area contributed by atoms with Gasteiger partial charge in [-0.2, -0.15) is 18.3 Å². The first-order valence-corrected chi connectivity index (χ1v) is 10.9. The molecule has 3 heterocycles. The highest BCUT2D eigenvalue weighted by Gasteiger charge is 2.46. The molecule has 8 heteroatoms. The van der Waals surface area contributed by atoms with Gasteiger partial charge in [-0.25, -0.2) is 4.98 Å². The summed E-state index contributed by atoms with van der Waals surface area (Å²) >= 11 is 0. The summed E-state index contributed by atoms with van der Waals surface area (Å²) in [5.41, 5.74) is 12.5. The zero-order valence-electron chi connectivity index (χ0n) is 17.8. The fraction of sp³-hybridized carbons (Fsp3) is 0.417. The molecular formula is C24H26F3N5. The minimum Gasteiger partial charge on any atom is -0.357 e. The molecule has 1 aromatic carbocycles. The predicted molar refractivity (Wildman–Crippen MR) is 119 cm³/mol. The number of fused-ring (bicyclic) bond motifs is 1. The Bertz CT molecular complexity index is 1080. The fourth-order valence-corrected chi connectivity index (χ4v) is 5.23. The number of benzene rings is 1. The van der Waals surface area contributed by atoms with Gasteiger partial charge in [0.1, 0.15) is 5.82 Å². The quantitative estimate of drug-likeness (QED) is 0.745. The highest BCUT2D eigenvalue weighted by molar-refractivity contribution is 6.23. The fourth-order valence-electron chi connectivity index (χ4n) is 5.23. The van der Waals surface area contributed by atoms with Crippen LogP contribution in [0.2, 0.25) is 0 Å². The molecule has 32 heavy (non-hydrogen) atoms. The number of hydrazone groups is 1. The number of aromatic nitrogens is 1. The Hall–Kier alpha value is -2.87. The summed E-state index contributed by atoms with van der Waals surface area (Å²) in [5, 5.41) is 4.14. The maximum Gasteiger partial charge on any atom is 0.416 e. The van der Waals surface area contributed by atoms with Crippen molar-refractivity contribution in [3.8, 4) is 0 Å². The van der Waals surface area contributed by atoms with E-state index in [1.54, 1.807) is 0 Å². The van der Waals surface area contributed by atoms with Crippen LogP contribution in [-0.2, 0) is 12.6 Å². The molecular weight excluding hydrogens is 415 g/mol. The number of piperidine rings is 1. The van der Waals surface area contributed by atoms with Gasteiger partial charge in [0.2, 0.25) is 0 Å². The lowest BCUT2D eigenvalue weighted by Gasteiger charge is -2.42. The maximum atomic E-state index is 13.7. The lowest BCUT2D eigenvalue weighted by Crippen LogP contribution is -2.44. The van der Waals surface area contributed by atoms with E-state index in [4.69, 9.17) is 5.73 Å². The summed E-state index contributed by atoms with van der Waals surface area (Å²) in [6, 6.07) is 10.4. The van der Waals surface area contributed by atoms with E-state index in [1.165, 1.54) is 11.1 Å². The third-order valence-electron chi connectivity index (χ3n) is 7.16. The summed E-state index contributed by atoms with van der Waals surface area (Å²) in [4.78, 5) is 6.52. The molecule has 1 aliphatic carbocycles. The van der Waals surface area contributed by atoms with Crippen molar-refractivity contribution in [3.05, 3.63) is 65.4 Å². The third-order valence-corrected chi connectivity index (χ3v) is 7.16. The first-order chi connectivity index (χ1) is 15.3. The van der Waals surface area contributed by atoms with Crippen molar-refractivity contribution in [2.24, 2.45) is 16.3 Å². The van der Waals surface area contributed by atoms with Crippen LogP contribution in [0.1, 0.15) is 47.7 Å². The Balaban J connectivity index is 1.41. The van der Waals surface area contributed by atoms with E-state index < -0.39 is 11.7 Å². The summed E-state index contributed by atoms with van der Waals surface area (Å²) in [6.45, 7) is 5.85. The molecule has 1 aromatic heterocycles.